The van der Waals surface area contributed by atoms with Crippen molar-refractivity contribution in [1.29, 1.82) is 0 Å². The molecule has 0 atom stereocenters. The summed E-state index contributed by atoms with van der Waals surface area (Å²) < 4.78 is 29.2. The van der Waals surface area contributed by atoms with Gasteiger partial charge in [-0.3, -0.25) is 4.79 Å². The van der Waals surface area contributed by atoms with E-state index >= 15 is 0 Å². The van der Waals surface area contributed by atoms with Crippen molar-refractivity contribution in [3.05, 3.63) is 40.9 Å². The summed E-state index contributed by atoms with van der Waals surface area (Å²) in [6.07, 6.45) is 4.90. The molecule has 0 aliphatic carbocycles. The molecule has 2 aromatic rings. The average Bonchev–Trinajstić information content (AvgIpc) is 3.17. The number of sulfonamides is 1. The molecule has 2 heterocycles. The minimum absolute atomic E-state index is 0.0912. The van der Waals surface area contributed by atoms with Crippen molar-refractivity contribution in [2.45, 2.75) is 50.5 Å². The second-order valence-electron chi connectivity index (χ2n) is 7.36. The minimum atomic E-state index is -3.63. The molecule has 1 N–H and O–H groups in total. The van der Waals surface area contributed by atoms with Gasteiger partial charge in [0.25, 0.3) is 5.91 Å². The van der Waals surface area contributed by atoms with Crippen molar-refractivity contribution >= 4 is 27.5 Å². The summed E-state index contributed by atoms with van der Waals surface area (Å²) in [6.45, 7) is 5.40. The van der Waals surface area contributed by atoms with Crippen molar-refractivity contribution in [3.8, 4) is 0 Å². The van der Waals surface area contributed by atoms with E-state index in [1.807, 2.05) is 18.4 Å². The number of amides is 1. The predicted octanol–water partition coefficient (Wildman–Crippen LogP) is 2.66. The molecule has 1 aromatic carbocycles. The molecule has 1 saturated heterocycles. The van der Waals surface area contributed by atoms with Crippen LogP contribution in [-0.4, -0.2) is 53.0 Å². The Hall–Kier alpha value is -1.97. The molecule has 29 heavy (non-hydrogen) atoms. The fourth-order valence-corrected chi connectivity index (χ4v) is 5.10. The van der Waals surface area contributed by atoms with Crippen LogP contribution in [0.3, 0.4) is 0 Å². The third-order valence-corrected chi connectivity index (χ3v) is 7.20. The fraction of sp³-hybridized carbons (Fsp3) is 0.526. The maximum atomic E-state index is 12.9. The zero-order valence-electron chi connectivity index (χ0n) is 16.6. The molecular weight excluding hydrogens is 414 g/mol. The lowest BCUT2D eigenvalue weighted by Crippen LogP contribution is -2.35. The lowest BCUT2D eigenvalue weighted by Gasteiger charge is -2.26. The van der Waals surface area contributed by atoms with Crippen LogP contribution < -0.4 is 5.32 Å². The van der Waals surface area contributed by atoms with E-state index in [-0.39, 0.29) is 21.5 Å². The summed E-state index contributed by atoms with van der Waals surface area (Å²) in [5.74, 6) is 0.356. The minimum Gasteiger partial charge on any atom is -0.352 e. The van der Waals surface area contributed by atoms with Crippen LogP contribution in [0.25, 0.3) is 0 Å². The zero-order chi connectivity index (χ0) is 21.0. The van der Waals surface area contributed by atoms with E-state index in [1.165, 1.54) is 22.5 Å². The van der Waals surface area contributed by atoms with Gasteiger partial charge in [-0.1, -0.05) is 18.0 Å². The van der Waals surface area contributed by atoms with Crippen LogP contribution in [0, 0.1) is 0 Å². The second-order valence-corrected chi connectivity index (χ2v) is 9.71. The highest BCUT2D eigenvalue weighted by Crippen LogP contribution is 2.25. The van der Waals surface area contributed by atoms with Gasteiger partial charge in [0.05, 0.1) is 15.5 Å². The van der Waals surface area contributed by atoms with E-state index in [0.717, 1.165) is 25.1 Å². The number of hydrogen-bond acceptors (Lipinski definition) is 5. The quantitative estimate of drug-likeness (QED) is 0.715. The Balaban J connectivity index is 1.70. The fourth-order valence-electron chi connectivity index (χ4n) is 3.35. The standard InChI is InChI=1S/C19H26ClN5O3S/c1-14(2)25-13-22-23-18(25)8-9-21-19(26)16-12-15(6-7-17(16)20)29(27,28)24-10-4-3-5-11-24/h6-7,12-14H,3-5,8-11H2,1-2H3,(H,21,26). The van der Waals surface area contributed by atoms with Gasteiger partial charge in [0.1, 0.15) is 12.2 Å². The van der Waals surface area contributed by atoms with Gasteiger partial charge in [-0.05, 0) is 44.9 Å². The van der Waals surface area contributed by atoms with Crippen LogP contribution in [0.2, 0.25) is 5.02 Å². The van der Waals surface area contributed by atoms with Crippen LogP contribution in [0.1, 0.15) is 55.3 Å². The number of carbonyl (C=O) groups excluding carboxylic acids is 1. The summed E-state index contributed by atoms with van der Waals surface area (Å²) in [4.78, 5) is 12.7. The Bertz CT molecular complexity index is 968. The summed E-state index contributed by atoms with van der Waals surface area (Å²) >= 11 is 6.18. The molecule has 10 heteroatoms. The first-order valence-electron chi connectivity index (χ1n) is 9.77. The highest BCUT2D eigenvalue weighted by molar-refractivity contribution is 7.89. The number of halogens is 1. The molecule has 1 aliphatic rings. The third kappa shape index (κ3) is 4.96. The van der Waals surface area contributed by atoms with E-state index in [2.05, 4.69) is 15.5 Å². The monoisotopic (exact) mass is 439 g/mol. The molecule has 0 unspecified atom stereocenters. The number of carbonyl (C=O) groups is 1. The predicted molar refractivity (Wildman–Crippen MR) is 111 cm³/mol. The number of hydrogen-bond donors (Lipinski definition) is 1. The van der Waals surface area contributed by atoms with Crippen LogP contribution in [0.4, 0.5) is 0 Å². The average molecular weight is 440 g/mol. The molecule has 0 spiro atoms. The molecule has 158 valence electrons. The normalized spacial score (nSPS) is 15.6. The van der Waals surface area contributed by atoms with E-state index in [9.17, 15) is 13.2 Å². The van der Waals surface area contributed by atoms with E-state index in [1.54, 1.807) is 6.33 Å². The van der Waals surface area contributed by atoms with E-state index in [0.29, 0.717) is 26.1 Å². The molecule has 1 fully saturated rings. The molecule has 1 amide bonds. The van der Waals surface area contributed by atoms with Gasteiger partial charge in [-0.2, -0.15) is 4.31 Å². The Labute approximate surface area is 176 Å². The molecule has 1 aromatic heterocycles. The van der Waals surface area contributed by atoms with Crippen LogP contribution in [0.15, 0.2) is 29.4 Å². The van der Waals surface area contributed by atoms with Gasteiger partial charge in [-0.15, -0.1) is 10.2 Å². The summed E-state index contributed by atoms with van der Waals surface area (Å²) in [6, 6.07) is 4.50. The number of aromatic nitrogens is 3. The number of piperidine rings is 1. The molecule has 0 radical (unpaired) electrons. The van der Waals surface area contributed by atoms with Gasteiger partial charge >= 0.3 is 0 Å². The number of rotatable bonds is 7. The Morgan fingerprint density at radius 2 is 1.97 bits per heavy atom. The van der Waals surface area contributed by atoms with E-state index in [4.69, 9.17) is 11.6 Å². The second kappa shape index (κ2) is 9.23. The van der Waals surface area contributed by atoms with Crippen molar-refractivity contribution < 1.29 is 13.2 Å². The maximum absolute atomic E-state index is 12.9. The van der Waals surface area contributed by atoms with Gasteiger partial charge in [0, 0.05) is 32.1 Å². The first-order valence-corrected chi connectivity index (χ1v) is 11.6. The molecule has 0 saturated carbocycles. The molecule has 1 aliphatic heterocycles. The Morgan fingerprint density at radius 3 is 2.66 bits per heavy atom. The highest BCUT2D eigenvalue weighted by Gasteiger charge is 2.27. The maximum Gasteiger partial charge on any atom is 0.252 e. The Kier molecular flexibility index (Phi) is 6.92. The largest absolute Gasteiger partial charge is 0.352 e. The highest BCUT2D eigenvalue weighted by atomic mass is 35.5. The van der Waals surface area contributed by atoms with Crippen molar-refractivity contribution in [3.63, 3.8) is 0 Å². The van der Waals surface area contributed by atoms with Crippen molar-refractivity contribution in [2.75, 3.05) is 19.6 Å². The van der Waals surface area contributed by atoms with Gasteiger partial charge < -0.3 is 9.88 Å². The Morgan fingerprint density at radius 1 is 1.24 bits per heavy atom. The van der Waals surface area contributed by atoms with Crippen LogP contribution >= 0.6 is 11.6 Å². The van der Waals surface area contributed by atoms with E-state index < -0.39 is 15.9 Å². The number of benzene rings is 1. The summed E-state index contributed by atoms with van der Waals surface area (Å²) in [5, 5.41) is 11.0. The lowest BCUT2D eigenvalue weighted by molar-refractivity contribution is 0.0954. The third-order valence-electron chi connectivity index (χ3n) is 4.97. The van der Waals surface area contributed by atoms with Gasteiger partial charge in [0.15, 0.2) is 0 Å². The van der Waals surface area contributed by atoms with Crippen LogP contribution in [0.5, 0.6) is 0 Å². The van der Waals surface area contributed by atoms with Crippen molar-refractivity contribution in [2.24, 2.45) is 0 Å². The number of nitrogens with zero attached hydrogens (tertiary/aromatic N) is 4. The molecule has 3 rings (SSSR count). The lowest BCUT2D eigenvalue weighted by atomic mass is 10.2. The van der Waals surface area contributed by atoms with Crippen LogP contribution in [-0.2, 0) is 16.4 Å². The first-order chi connectivity index (χ1) is 13.8. The first kappa shape index (κ1) is 21.7. The topological polar surface area (TPSA) is 97.2 Å². The smallest absolute Gasteiger partial charge is 0.252 e. The zero-order valence-corrected chi connectivity index (χ0v) is 18.2. The molecule has 8 nitrogen and oxygen atoms in total. The summed E-state index contributed by atoms with van der Waals surface area (Å²) in [7, 11) is -3.63. The van der Waals surface area contributed by atoms with Crippen molar-refractivity contribution in [1.82, 2.24) is 24.4 Å². The van der Waals surface area contributed by atoms with Gasteiger partial charge in [0.2, 0.25) is 10.0 Å². The SMILES string of the molecule is CC(C)n1cnnc1CCNC(=O)c1cc(S(=O)(=O)N2CCCCC2)ccc1Cl. The summed E-state index contributed by atoms with van der Waals surface area (Å²) in [5.41, 5.74) is 0.148. The number of nitrogens with one attached hydrogen (secondary N) is 1. The molecule has 0 bridgehead atoms. The molecular formula is C19H26ClN5O3S. The van der Waals surface area contributed by atoms with Gasteiger partial charge in [-0.25, -0.2) is 8.42 Å².